The van der Waals surface area contributed by atoms with Gasteiger partial charge in [-0.2, -0.15) is 10.2 Å². The topological polar surface area (TPSA) is 113 Å². The van der Waals surface area contributed by atoms with Crippen molar-refractivity contribution in [1.82, 2.24) is 34.7 Å². The van der Waals surface area contributed by atoms with Crippen molar-refractivity contribution in [2.24, 2.45) is 7.05 Å². The van der Waals surface area contributed by atoms with Gasteiger partial charge in [0.15, 0.2) is 5.65 Å². The van der Waals surface area contributed by atoms with Gasteiger partial charge < -0.3 is 10.3 Å². The van der Waals surface area contributed by atoms with Crippen molar-refractivity contribution in [3.63, 3.8) is 0 Å². The number of nitrogen functional groups attached to an aromatic ring is 1. The first kappa shape index (κ1) is 16.0. The lowest BCUT2D eigenvalue weighted by Gasteiger charge is -2.05. The number of anilines is 1. The van der Waals surface area contributed by atoms with Gasteiger partial charge in [-0.05, 0) is 26.7 Å². The van der Waals surface area contributed by atoms with E-state index in [2.05, 4.69) is 34.1 Å². The highest BCUT2D eigenvalue weighted by molar-refractivity contribution is 6.00. The van der Waals surface area contributed by atoms with Crippen molar-refractivity contribution >= 4 is 16.9 Å². The molecule has 0 atom stereocenters. The summed E-state index contributed by atoms with van der Waals surface area (Å²) in [6.45, 7) is 4.10. The SMILES string of the molecule is CC(C)n1nc(-c2noc(C3CC3)c2-c2cnn(C)c2)c2c(N)ncnc21. The van der Waals surface area contributed by atoms with Crippen molar-refractivity contribution < 1.29 is 4.52 Å². The number of nitrogens with zero attached hydrogens (tertiary/aromatic N) is 7. The van der Waals surface area contributed by atoms with Gasteiger partial charge in [-0.1, -0.05) is 5.16 Å². The Morgan fingerprint density at radius 2 is 2.04 bits per heavy atom. The zero-order chi connectivity index (χ0) is 18.7. The van der Waals surface area contributed by atoms with Crippen LogP contribution in [0.25, 0.3) is 33.5 Å². The summed E-state index contributed by atoms with van der Waals surface area (Å²) in [5, 5.41) is 14.2. The largest absolute Gasteiger partial charge is 0.383 e. The van der Waals surface area contributed by atoms with E-state index in [1.165, 1.54) is 6.33 Å². The van der Waals surface area contributed by atoms with Gasteiger partial charge in [0.25, 0.3) is 0 Å². The molecule has 4 heterocycles. The van der Waals surface area contributed by atoms with Crippen LogP contribution in [0.2, 0.25) is 0 Å². The average Bonchev–Trinajstić information content (AvgIpc) is 3.06. The van der Waals surface area contributed by atoms with Crippen molar-refractivity contribution in [2.75, 3.05) is 5.73 Å². The van der Waals surface area contributed by atoms with Crippen LogP contribution in [0.1, 0.15) is 44.4 Å². The summed E-state index contributed by atoms with van der Waals surface area (Å²) in [6, 6.07) is 0.118. The monoisotopic (exact) mass is 364 g/mol. The van der Waals surface area contributed by atoms with E-state index in [4.69, 9.17) is 15.4 Å². The summed E-state index contributed by atoms with van der Waals surface area (Å²) < 4.78 is 9.40. The van der Waals surface area contributed by atoms with Crippen LogP contribution in [0.15, 0.2) is 23.2 Å². The van der Waals surface area contributed by atoms with E-state index in [-0.39, 0.29) is 6.04 Å². The lowest BCUT2D eigenvalue weighted by atomic mass is 10.0. The molecule has 0 radical (unpaired) electrons. The molecule has 4 aromatic heterocycles. The Morgan fingerprint density at radius 1 is 1.22 bits per heavy atom. The summed E-state index contributed by atoms with van der Waals surface area (Å²) in [5.41, 5.74) is 10.1. The first-order valence-corrected chi connectivity index (χ1v) is 9.02. The third-order valence-electron chi connectivity index (χ3n) is 4.89. The summed E-state index contributed by atoms with van der Waals surface area (Å²) in [7, 11) is 1.89. The van der Waals surface area contributed by atoms with Crippen LogP contribution in [-0.2, 0) is 7.05 Å². The number of fused-ring (bicyclic) bond motifs is 1. The molecular formula is C18H20N8O. The highest BCUT2D eigenvalue weighted by Gasteiger charge is 2.35. The molecule has 5 rings (SSSR count). The summed E-state index contributed by atoms with van der Waals surface area (Å²) >= 11 is 0. The fourth-order valence-electron chi connectivity index (χ4n) is 3.44. The van der Waals surface area contributed by atoms with Gasteiger partial charge in [0.1, 0.15) is 29.3 Å². The zero-order valence-corrected chi connectivity index (χ0v) is 15.4. The minimum Gasteiger partial charge on any atom is -0.383 e. The third kappa shape index (κ3) is 2.42. The minimum atomic E-state index is 0.118. The molecule has 9 nitrogen and oxygen atoms in total. The Hall–Kier alpha value is -3.23. The minimum absolute atomic E-state index is 0.118. The fourth-order valence-corrected chi connectivity index (χ4v) is 3.44. The Kier molecular flexibility index (Phi) is 3.33. The highest BCUT2D eigenvalue weighted by atomic mass is 16.5. The lowest BCUT2D eigenvalue weighted by Crippen LogP contribution is -2.04. The van der Waals surface area contributed by atoms with Crippen LogP contribution in [0.4, 0.5) is 5.82 Å². The van der Waals surface area contributed by atoms with Crippen LogP contribution in [0.3, 0.4) is 0 Å². The van der Waals surface area contributed by atoms with Gasteiger partial charge in [-0.25, -0.2) is 14.6 Å². The molecule has 0 bridgehead atoms. The lowest BCUT2D eigenvalue weighted by molar-refractivity contribution is 0.386. The molecule has 9 heteroatoms. The molecule has 1 aliphatic carbocycles. The van der Waals surface area contributed by atoms with E-state index in [0.29, 0.717) is 34.2 Å². The van der Waals surface area contributed by atoms with E-state index >= 15 is 0 Å². The normalized spacial score (nSPS) is 14.5. The summed E-state index contributed by atoms with van der Waals surface area (Å²) in [5.74, 6) is 1.67. The summed E-state index contributed by atoms with van der Waals surface area (Å²) in [6.07, 6.45) is 7.46. The molecule has 27 heavy (non-hydrogen) atoms. The maximum absolute atomic E-state index is 6.20. The Bertz CT molecular complexity index is 1150. The average molecular weight is 364 g/mol. The highest BCUT2D eigenvalue weighted by Crippen LogP contribution is 2.48. The maximum atomic E-state index is 6.20. The molecule has 138 valence electrons. The molecule has 0 aliphatic heterocycles. The van der Waals surface area contributed by atoms with Gasteiger partial charge in [-0.3, -0.25) is 4.68 Å². The van der Waals surface area contributed by atoms with Crippen LogP contribution in [-0.4, -0.2) is 34.7 Å². The number of aromatic nitrogens is 7. The molecule has 0 unspecified atom stereocenters. The molecule has 0 aromatic carbocycles. The molecular weight excluding hydrogens is 344 g/mol. The quantitative estimate of drug-likeness (QED) is 0.592. The number of hydrogen-bond acceptors (Lipinski definition) is 7. The second-order valence-corrected chi connectivity index (χ2v) is 7.29. The second kappa shape index (κ2) is 5.63. The number of nitrogens with two attached hydrogens (primary N) is 1. The van der Waals surface area contributed by atoms with Gasteiger partial charge in [-0.15, -0.1) is 0 Å². The van der Waals surface area contributed by atoms with E-state index < -0.39 is 0 Å². The number of hydrogen-bond donors (Lipinski definition) is 1. The van der Waals surface area contributed by atoms with Crippen molar-refractivity contribution in [3.05, 3.63) is 24.5 Å². The number of rotatable bonds is 4. The molecule has 0 saturated heterocycles. The molecule has 1 aliphatic rings. The second-order valence-electron chi connectivity index (χ2n) is 7.29. The zero-order valence-electron chi connectivity index (χ0n) is 15.4. The smallest absolute Gasteiger partial charge is 0.164 e. The number of aryl methyl sites for hydroxylation is 1. The molecule has 0 spiro atoms. The van der Waals surface area contributed by atoms with Crippen molar-refractivity contribution in [3.8, 4) is 22.5 Å². The van der Waals surface area contributed by atoms with Gasteiger partial charge in [0.2, 0.25) is 0 Å². The van der Waals surface area contributed by atoms with E-state index in [0.717, 1.165) is 29.7 Å². The van der Waals surface area contributed by atoms with Gasteiger partial charge >= 0.3 is 0 Å². The van der Waals surface area contributed by atoms with Crippen molar-refractivity contribution in [2.45, 2.75) is 38.6 Å². The maximum Gasteiger partial charge on any atom is 0.164 e. The first-order chi connectivity index (χ1) is 13.0. The van der Waals surface area contributed by atoms with Gasteiger partial charge in [0.05, 0.1) is 17.1 Å². The Morgan fingerprint density at radius 3 is 2.70 bits per heavy atom. The van der Waals surface area contributed by atoms with E-state index in [1.54, 1.807) is 4.68 Å². The van der Waals surface area contributed by atoms with E-state index in [9.17, 15) is 0 Å². The molecule has 4 aromatic rings. The van der Waals surface area contributed by atoms with Crippen molar-refractivity contribution in [1.29, 1.82) is 0 Å². The van der Waals surface area contributed by atoms with Crippen LogP contribution < -0.4 is 5.73 Å². The van der Waals surface area contributed by atoms with Crippen LogP contribution >= 0.6 is 0 Å². The molecule has 1 saturated carbocycles. The third-order valence-corrected chi connectivity index (χ3v) is 4.89. The standard InChI is InChI=1S/C18H20N8O/c1-9(2)26-18-13(17(19)20-8-21-18)14(23-26)15-12(11-6-22-25(3)7-11)16(27-24-15)10-4-5-10/h6-10H,4-5H2,1-3H3,(H2,19,20,21). The first-order valence-electron chi connectivity index (χ1n) is 9.02. The van der Waals surface area contributed by atoms with Crippen LogP contribution in [0.5, 0.6) is 0 Å². The predicted molar refractivity (Wildman–Crippen MR) is 99.8 cm³/mol. The molecule has 1 fully saturated rings. The van der Waals surface area contributed by atoms with Gasteiger partial charge in [0, 0.05) is 30.8 Å². The van der Waals surface area contributed by atoms with Crippen LogP contribution in [0, 0.1) is 0 Å². The predicted octanol–water partition coefficient (Wildman–Crippen LogP) is 2.92. The Labute approximate surface area is 155 Å². The Balaban J connectivity index is 1.81. The fraction of sp³-hybridized carbons (Fsp3) is 0.389. The summed E-state index contributed by atoms with van der Waals surface area (Å²) in [4.78, 5) is 8.57. The molecule has 0 amide bonds. The van der Waals surface area contributed by atoms with E-state index in [1.807, 2.05) is 24.1 Å². The molecule has 2 N–H and O–H groups in total.